The largest absolute Gasteiger partial charge is 2.00 e. The molecule has 0 amide bonds. The van der Waals surface area contributed by atoms with Crippen LogP contribution in [0.25, 0.3) is 0 Å². The van der Waals surface area contributed by atoms with Crippen LogP contribution in [0.5, 0.6) is 0 Å². The maximum Gasteiger partial charge on any atom is 2.00 e. The topological polar surface area (TPSA) is 124 Å². The number of hydrogen-bond acceptors (Lipinski definition) is 4. The monoisotopic (exact) mass is 232 g/mol. The minimum Gasteiger partial charge on any atom is -1.00 e. The summed E-state index contributed by atoms with van der Waals surface area (Å²) in [5, 5.41) is 0. The minimum absolute atomic E-state index is 0. The summed E-state index contributed by atoms with van der Waals surface area (Å²) < 4.78 is 0. The van der Waals surface area contributed by atoms with Gasteiger partial charge in [0.1, 0.15) is 0 Å². The van der Waals surface area contributed by atoms with Crippen LogP contribution in [0, 0.1) is 0 Å². The van der Waals surface area contributed by atoms with Crippen molar-refractivity contribution in [1.82, 2.24) is 0 Å². The van der Waals surface area contributed by atoms with Crippen molar-refractivity contribution in [3.63, 3.8) is 0 Å². The molecule has 0 saturated heterocycles. The summed E-state index contributed by atoms with van der Waals surface area (Å²) in [6.07, 6.45) is 0. The van der Waals surface area contributed by atoms with Gasteiger partial charge in [0.25, 0.3) is 0 Å². The predicted octanol–water partition coefficient (Wildman–Crippen LogP) is -6.88. The third kappa shape index (κ3) is 78.6. The minimum atomic E-state index is -5.61. The van der Waals surface area contributed by atoms with Gasteiger partial charge in [-0.3, -0.25) is 0 Å². The van der Waals surface area contributed by atoms with Gasteiger partial charge in [0, 0.05) is 0 Å². The smallest absolute Gasteiger partial charge is 1.00 e. The molecule has 0 unspecified atom stereocenters. The predicted molar refractivity (Wildman–Crippen MR) is 28.9 cm³/mol. The van der Waals surface area contributed by atoms with Crippen molar-refractivity contribution in [2.45, 2.75) is 0 Å². The summed E-state index contributed by atoms with van der Waals surface area (Å²) in [5.41, 5.74) is 0. The Morgan fingerprint density at radius 2 is 0.778 bits per heavy atom. The molecule has 0 aliphatic carbocycles. The fourth-order valence-corrected chi connectivity index (χ4v) is 0. The average molecular weight is 232 g/mol. The summed E-state index contributed by atoms with van der Waals surface area (Å²) in [6.45, 7) is 0. The van der Waals surface area contributed by atoms with Crippen LogP contribution in [0.2, 0.25) is 0 Å². The first-order valence-electron chi connectivity index (χ1n) is 0.816. The van der Waals surface area contributed by atoms with Gasteiger partial charge in [-0.2, -0.15) is 0 Å². The second-order valence-electron chi connectivity index (χ2n) is 0.500. The van der Waals surface area contributed by atoms with Gasteiger partial charge in [-0.25, -0.2) is 0 Å². The Hall–Kier alpha value is 3.80. The van der Waals surface area contributed by atoms with Crippen LogP contribution in [-0.2, 0) is 0 Å². The summed E-state index contributed by atoms with van der Waals surface area (Å²) in [6, 6.07) is 0. The molecule has 44 valence electrons. The van der Waals surface area contributed by atoms with Crippen LogP contribution < -0.4 is 19.2 Å². The van der Waals surface area contributed by atoms with E-state index in [9.17, 15) is 0 Å². The summed E-state index contributed by atoms with van der Waals surface area (Å²) in [7, 11) is -5.61. The normalized spacial score (nSPS) is 6.67. The molecule has 0 heterocycles. The van der Waals surface area contributed by atoms with E-state index in [1.165, 1.54) is 0 Å². The van der Waals surface area contributed by atoms with Crippen LogP contribution in [-0.4, -0.2) is 128 Å². The summed E-state index contributed by atoms with van der Waals surface area (Å²) in [4.78, 5) is 34.3. The van der Waals surface area contributed by atoms with Gasteiger partial charge in [-0.05, 0) is 0 Å². The van der Waals surface area contributed by atoms with Gasteiger partial charge in [0.05, 0.1) is 0 Å². The quantitative estimate of drug-likeness (QED) is 0.385. The summed E-state index contributed by atoms with van der Waals surface area (Å²) in [5.74, 6) is 0. The SMILES string of the molecule is O.[Ca+2].[Ca+2].[Ca+2].[H-].[H-].[O-][Si]([O-])([O-])[O-]. The molecule has 9 heavy (non-hydrogen) atoms. The number of rotatable bonds is 0. The molecular weight excluding hydrogens is 228 g/mol. The molecule has 9 heteroatoms. The Balaban J connectivity index is -0.00000000533. The van der Waals surface area contributed by atoms with Crippen molar-refractivity contribution >= 4 is 122 Å². The Morgan fingerprint density at radius 3 is 0.778 bits per heavy atom. The standard InChI is InChI=1S/3Ca.O4Si.H2O.2H/c;;;1-5(2,3)4;;;/h;;;;1H2;;/q3*+2;-4;;2*-1. The first-order valence-corrected chi connectivity index (χ1v) is 2.45. The van der Waals surface area contributed by atoms with Crippen LogP contribution in [0.4, 0.5) is 0 Å². The maximum absolute atomic E-state index is 8.58. The molecule has 0 aliphatic heterocycles. The third-order valence-electron chi connectivity index (χ3n) is 0. The van der Waals surface area contributed by atoms with E-state index in [-0.39, 0.29) is 122 Å². The summed E-state index contributed by atoms with van der Waals surface area (Å²) >= 11 is 0. The van der Waals surface area contributed by atoms with Crippen molar-refractivity contribution in [2.75, 3.05) is 0 Å². The molecule has 0 bridgehead atoms. The average Bonchev–Trinajstić information content (AvgIpc) is 0.722. The van der Waals surface area contributed by atoms with Crippen molar-refractivity contribution in [3.05, 3.63) is 0 Å². The van der Waals surface area contributed by atoms with E-state index in [1.54, 1.807) is 0 Å². The fraction of sp³-hybridized carbons (Fsp3) is 0. The molecule has 0 radical (unpaired) electrons. The van der Waals surface area contributed by atoms with E-state index in [0.29, 0.717) is 0 Å². The van der Waals surface area contributed by atoms with E-state index < -0.39 is 9.05 Å². The van der Waals surface area contributed by atoms with E-state index in [2.05, 4.69) is 0 Å². The van der Waals surface area contributed by atoms with Crippen molar-refractivity contribution in [1.29, 1.82) is 0 Å². The first-order chi connectivity index (χ1) is 2.00. The van der Waals surface area contributed by atoms with Crippen molar-refractivity contribution in [2.24, 2.45) is 0 Å². The molecule has 0 atom stereocenters. The van der Waals surface area contributed by atoms with Gasteiger partial charge in [-0.1, -0.05) is 0 Å². The van der Waals surface area contributed by atoms with E-state index in [0.717, 1.165) is 0 Å². The second kappa shape index (κ2) is 14.3. The van der Waals surface area contributed by atoms with E-state index in [1.807, 2.05) is 0 Å². The Kier molecular flexibility index (Phi) is 46.6. The number of hydrogen-bond donors (Lipinski definition) is 0. The molecule has 0 spiro atoms. The van der Waals surface area contributed by atoms with Crippen molar-refractivity contribution < 1.29 is 27.5 Å². The van der Waals surface area contributed by atoms with Crippen LogP contribution >= 0.6 is 0 Å². The molecule has 0 aromatic rings. The van der Waals surface area contributed by atoms with E-state index >= 15 is 0 Å². The zero-order valence-corrected chi connectivity index (χ0v) is 12.4. The molecule has 0 aliphatic rings. The van der Waals surface area contributed by atoms with Gasteiger partial charge >= 0.3 is 113 Å². The first kappa shape index (κ1) is 29.3. The molecule has 5 nitrogen and oxygen atoms in total. The molecule has 0 saturated carbocycles. The Morgan fingerprint density at radius 1 is 0.778 bits per heavy atom. The molecular formula is H4Ca3O5Si. The second-order valence-corrected chi connectivity index (χ2v) is 1.50. The zero-order valence-electron chi connectivity index (χ0n) is 6.75. The maximum atomic E-state index is 8.58. The third-order valence-corrected chi connectivity index (χ3v) is 0. The molecule has 0 aromatic carbocycles. The van der Waals surface area contributed by atoms with Gasteiger partial charge in [0.15, 0.2) is 0 Å². The van der Waals surface area contributed by atoms with Crippen molar-refractivity contribution in [3.8, 4) is 0 Å². The Bertz CT molecular complexity index is 35.2. The molecule has 0 rings (SSSR count). The van der Waals surface area contributed by atoms with Gasteiger partial charge in [0.2, 0.25) is 0 Å². The van der Waals surface area contributed by atoms with Crippen LogP contribution in [0.1, 0.15) is 2.85 Å². The van der Waals surface area contributed by atoms with Crippen LogP contribution in [0.3, 0.4) is 0 Å². The molecule has 2 N–H and O–H groups in total. The van der Waals surface area contributed by atoms with E-state index in [4.69, 9.17) is 19.2 Å². The zero-order chi connectivity index (χ0) is 4.50. The fourth-order valence-electron chi connectivity index (χ4n) is 0. The Labute approximate surface area is 146 Å². The van der Waals surface area contributed by atoms with Gasteiger partial charge in [-0.15, -0.1) is 0 Å². The molecule has 0 fully saturated rings. The van der Waals surface area contributed by atoms with Crippen LogP contribution in [0.15, 0.2) is 0 Å². The molecule has 0 aromatic heterocycles. The van der Waals surface area contributed by atoms with Gasteiger partial charge < -0.3 is 36.6 Å².